The predicted octanol–water partition coefficient (Wildman–Crippen LogP) is 4.30. The van der Waals surface area contributed by atoms with E-state index in [4.69, 9.17) is 0 Å². The second-order valence-corrected chi connectivity index (χ2v) is 6.09. The lowest BCUT2D eigenvalue weighted by atomic mass is 10.0. The normalized spacial score (nSPS) is 11.3. The smallest absolute Gasteiger partial charge is 0.262 e. The van der Waals surface area contributed by atoms with Gasteiger partial charge in [-0.25, -0.2) is 4.98 Å². The van der Waals surface area contributed by atoms with Gasteiger partial charge in [-0.15, -0.1) is 11.3 Å². The van der Waals surface area contributed by atoms with Gasteiger partial charge in [-0.3, -0.25) is 9.36 Å². The molecule has 0 N–H and O–H groups in total. The summed E-state index contributed by atoms with van der Waals surface area (Å²) in [5.74, 6) is 0. The fourth-order valence-corrected chi connectivity index (χ4v) is 3.67. The van der Waals surface area contributed by atoms with Crippen LogP contribution < -0.4 is 5.56 Å². The second-order valence-electron chi connectivity index (χ2n) is 5.23. The second kappa shape index (κ2) is 5.07. The van der Waals surface area contributed by atoms with Crippen LogP contribution in [0.1, 0.15) is 6.92 Å². The van der Waals surface area contributed by atoms with Gasteiger partial charge in [0.2, 0.25) is 0 Å². The Morgan fingerprint density at radius 2 is 1.95 bits per heavy atom. The van der Waals surface area contributed by atoms with Crippen molar-refractivity contribution in [3.05, 3.63) is 64.5 Å². The van der Waals surface area contributed by atoms with Crippen LogP contribution in [0.4, 0.5) is 0 Å². The van der Waals surface area contributed by atoms with E-state index in [0.29, 0.717) is 6.54 Å². The minimum Gasteiger partial charge on any atom is -0.299 e. The molecule has 0 atom stereocenters. The van der Waals surface area contributed by atoms with Crippen LogP contribution in [0.25, 0.3) is 32.1 Å². The molecule has 0 unspecified atom stereocenters. The maximum Gasteiger partial charge on any atom is 0.262 e. The van der Waals surface area contributed by atoms with Gasteiger partial charge in [-0.2, -0.15) is 0 Å². The summed E-state index contributed by atoms with van der Waals surface area (Å²) < 4.78 is 1.65. The number of thiophene rings is 1. The summed E-state index contributed by atoms with van der Waals surface area (Å²) in [6, 6.07) is 14.6. The molecular formula is C18H14N2OS. The molecule has 0 aliphatic rings. The first-order chi connectivity index (χ1) is 10.8. The zero-order chi connectivity index (χ0) is 15.1. The highest BCUT2D eigenvalue weighted by atomic mass is 32.1. The van der Waals surface area contributed by atoms with Crippen LogP contribution >= 0.6 is 11.3 Å². The van der Waals surface area contributed by atoms with Crippen LogP contribution in [0.3, 0.4) is 0 Å². The topological polar surface area (TPSA) is 34.9 Å². The van der Waals surface area contributed by atoms with Crippen molar-refractivity contribution in [1.82, 2.24) is 9.55 Å². The number of hydrogen-bond acceptors (Lipinski definition) is 3. The van der Waals surface area contributed by atoms with Gasteiger partial charge in [-0.05, 0) is 29.3 Å². The third-order valence-corrected chi connectivity index (χ3v) is 4.85. The van der Waals surface area contributed by atoms with Crippen LogP contribution in [-0.2, 0) is 6.54 Å². The van der Waals surface area contributed by atoms with Crippen molar-refractivity contribution >= 4 is 32.3 Å². The minimum atomic E-state index is 0.0388. The van der Waals surface area contributed by atoms with Crippen molar-refractivity contribution in [3.63, 3.8) is 0 Å². The summed E-state index contributed by atoms with van der Waals surface area (Å²) >= 11 is 1.52. The summed E-state index contributed by atoms with van der Waals surface area (Å²) in [7, 11) is 0. The van der Waals surface area contributed by atoms with E-state index in [2.05, 4.69) is 35.3 Å². The van der Waals surface area contributed by atoms with Gasteiger partial charge in [0.15, 0.2) is 0 Å². The Kier molecular flexibility index (Phi) is 3.05. The van der Waals surface area contributed by atoms with Gasteiger partial charge in [0.1, 0.15) is 4.83 Å². The zero-order valence-corrected chi connectivity index (χ0v) is 12.9. The van der Waals surface area contributed by atoms with Crippen molar-refractivity contribution in [2.45, 2.75) is 13.5 Å². The van der Waals surface area contributed by atoms with Crippen LogP contribution in [-0.4, -0.2) is 9.55 Å². The van der Waals surface area contributed by atoms with Crippen molar-refractivity contribution in [3.8, 4) is 11.1 Å². The SMILES string of the molecule is CCn1cnc2scc(-c3ccc4ccccc4c3)c2c1=O. The molecule has 0 aliphatic carbocycles. The number of aryl methyl sites for hydroxylation is 1. The van der Waals surface area contributed by atoms with E-state index in [9.17, 15) is 4.79 Å². The van der Waals surface area contributed by atoms with Crippen molar-refractivity contribution in [1.29, 1.82) is 0 Å². The molecule has 0 bridgehead atoms. The average molecular weight is 306 g/mol. The molecule has 0 spiro atoms. The lowest BCUT2D eigenvalue weighted by Gasteiger charge is -2.04. The molecule has 0 fully saturated rings. The summed E-state index contributed by atoms with van der Waals surface area (Å²) in [5.41, 5.74) is 2.08. The van der Waals surface area contributed by atoms with Gasteiger partial charge in [-0.1, -0.05) is 36.4 Å². The number of aromatic nitrogens is 2. The number of rotatable bonds is 2. The minimum absolute atomic E-state index is 0.0388. The summed E-state index contributed by atoms with van der Waals surface area (Å²) in [6.07, 6.45) is 1.63. The molecule has 0 saturated heterocycles. The van der Waals surface area contributed by atoms with E-state index >= 15 is 0 Å². The molecule has 0 amide bonds. The van der Waals surface area contributed by atoms with Gasteiger partial charge >= 0.3 is 0 Å². The van der Waals surface area contributed by atoms with Crippen LogP contribution in [0.5, 0.6) is 0 Å². The first-order valence-electron chi connectivity index (χ1n) is 7.23. The van der Waals surface area contributed by atoms with Crippen molar-refractivity contribution in [2.75, 3.05) is 0 Å². The van der Waals surface area contributed by atoms with E-state index in [-0.39, 0.29) is 5.56 Å². The molecule has 4 heteroatoms. The number of benzene rings is 2. The third kappa shape index (κ3) is 1.96. The number of fused-ring (bicyclic) bond motifs is 2. The van der Waals surface area contributed by atoms with Gasteiger partial charge in [0.25, 0.3) is 5.56 Å². The fraction of sp³-hybridized carbons (Fsp3) is 0.111. The molecule has 4 rings (SSSR count). The van der Waals surface area contributed by atoms with Crippen LogP contribution in [0, 0.1) is 0 Å². The maximum absolute atomic E-state index is 12.6. The van der Waals surface area contributed by atoms with Crippen molar-refractivity contribution < 1.29 is 0 Å². The molecule has 108 valence electrons. The molecule has 3 nitrogen and oxygen atoms in total. The predicted molar refractivity (Wildman–Crippen MR) is 92.5 cm³/mol. The molecule has 2 heterocycles. The Balaban J connectivity index is 2.01. The van der Waals surface area contributed by atoms with E-state index in [1.165, 1.54) is 22.1 Å². The fourth-order valence-electron chi connectivity index (χ4n) is 2.76. The lowest BCUT2D eigenvalue weighted by Crippen LogP contribution is -2.19. The van der Waals surface area contributed by atoms with E-state index in [0.717, 1.165) is 21.3 Å². The summed E-state index contributed by atoms with van der Waals surface area (Å²) in [5, 5.41) is 5.14. The van der Waals surface area contributed by atoms with Crippen molar-refractivity contribution in [2.24, 2.45) is 0 Å². The number of hydrogen-bond donors (Lipinski definition) is 0. The first-order valence-corrected chi connectivity index (χ1v) is 8.11. The van der Waals surface area contributed by atoms with Crippen LogP contribution in [0.15, 0.2) is 59.0 Å². The Bertz CT molecular complexity index is 1050. The highest BCUT2D eigenvalue weighted by molar-refractivity contribution is 7.17. The molecule has 0 saturated carbocycles. The molecule has 2 aromatic heterocycles. The Morgan fingerprint density at radius 1 is 1.14 bits per heavy atom. The van der Waals surface area contributed by atoms with Gasteiger partial charge in [0, 0.05) is 17.5 Å². The lowest BCUT2D eigenvalue weighted by molar-refractivity contribution is 0.718. The molecule has 2 aromatic carbocycles. The zero-order valence-electron chi connectivity index (χ0n) is 12.1. The molecule has 22 heavy (non-hydrogen) atoms. The molecular weight excluding hydrogens is 292 g/mol. The van der Waals surface area contributed by atoms with E-state index in [1.807, 2.05) is 24.4 Å². The Morgan fingerprint density at radius 3 is 2.77 bits per heavy atom. The largest absolute Gasteiger partial charge is 0.299 e. The van der Waals surface area contributed by atoms with E-state index < -0.39 is 0 Å². The molecule has 0 aliphatic heterocycles. The Labute approximate surface area is 131 Å². The molecule has 4 aromatic rings. The maximum atomic E-state index is 12.6. The highest BCUT2D eigenvalue weighted by Crippen LogP contribution is 2.32. The average Bonchev–Trinajstić information content (AvgIpc) is 3.00. The summed E-state index contributed by atoms with van der Waals surface area (Å²) in [6.45, 7) is 2.59. The highest BCUT2D eigenvalue weighted by Gasteiger charge is 2.13. The van der Waals surface area contributed by atoms with Gasteiger partial charge in [0.05, 0.1) is 11.7 Å². The van der Waals surface area contributed by atoms with Crippen LogP contribution in [0.2, 0.25) is 0 Å². The standard InChI is InChI=1S/C18H14N2OS/c1-2-20-11-19-17-16(18(20)21)15(10-22-17)14-8-7-12-5-3-4-6-13(12)9-14/h3-11H,2H2,1H3. The quantitative estimate of drug-likeness (QED) is 0.553. The monoisotopic (exact) mass is 306 g/mol. The first kappa shape index (κ1) is 13.2. The summed E-state index contributed by atoms with van der Waals surface area (Å²) in [4.78, 5) is 17.8. The van der Waals surface area contributed by atoms with E-state index in [1.54, 1.807) is 10.9 Å². The van der Waals surface area contributed by atoms with Gasteiger partial charge < -0.3 is 0 Å². The number of nitrogens with zero attached hydrogens (tertiary/aromatic N) is 2. The Hall–Kier alpha value is -2.46. The molecule has 0 radical (unpaired) electrons. The third-order valence-electron chi connectivity index (χ3n) is 3.96.